The number of ether oxygens (including phenoxy) is 2. The van der Waals surface area contributed by atoms with Crippen molar-refractivity contribution in [1.29, 1.82) is 0 Å². The fourth-order valence-corrected chi connectivity index (χ4v) is 2.92. The highest BCUT2D eigenvalue weighted by molar-refractivity contribution is 6.10. The predicted octanol–water partition coefficient (Wildman–Crippen LogP) is 1.99. The molecule has 0 spiro atoms. The number of anilines is 2. The van der Waals surface area contributed by atoms with Gasteiger partial charge < -0.3 is 19.7 Å². The van der Waals surface area contributed by atoms with Gasteiger partial charge in [-0.3, -0.25) is 9.59 Å². The Bertz CT molecular complexity index is 818. The van der Waals surface area contributed by atoms with E-state index in [1.165, 1.54) is 4.90 Å². The fourth-order valence-electron chi connectivity index (χ4n) is 2.92. The lowest BCUT2D eigenvalue weighted by atomic mass is 10.1. The highest BCUT2D eigenvalue weighted by Crippen LogP contribution is 2.32. The van der Waals surface area contributed by atoms with E-state index in [0.29, 0.717) is 30.4 Å². The van der Waals surface area contributed by atoms with Crippen molar-refractivity contribution in [3.05, 3.63) is 48.0 Å². The summed E-state index contributed by atoms with van der Waals surface area (Å²) in [6, 6.07) is 12.8. The first-order valence-corrected chi connectivity index (χ1v) is 7.78. The molecule has 1 N–H and O–H groups in total. The van der Waals surface area contributed by atoms with Gasteiger partial charge in [-0.15, -0.1) is 0 Å². The van der Waals surface area contributed by atoms with Gasteiger partial charge >= 0.3 is 0 Å². The topological polar surface area (TPSA) is 67.9 Å². The number of nitrogens with one attached hydrogen (secondary N) is 1. The van der Waals surface area contributed by atoms with Gasteiger partial charge in [0.25, 0.3) is 0 Å². The predicted molar refractivity (Wildman–Crippen MR) is 88.6 cm³/mol. The van der Waals surface area contributed by atoms with Gasteiger partial charge in [0.05, 0.1) is 17.8 Å². The molecular weight excluding hydrogens is 308 g/mol. The number of benzene rings is 2. The average molecular weight is 324 g/mol. The summed E-state index contributed by atoms with van der Waals surface area (Å²) < 4.78 is 11.0. The van der Waals surface area contributed by atoms with Crippen LogP contribution in [-0.4, -0.2) is 31.6 Å². The minimum Gasteiger partial charge on any atom is -0.486 e. The van der Waals surface area contributed by atoms with Gasteiger partial charge in [-0.1, -0.05) is 18.2 Å². The number of para-hydroxylation sites is 2. The van der Waals surface area contributed by atoms with E-state index in [9.17, 15) is 9.59 Å². The average Bonchev–Trinajstić information content (AvgIpc) is 2.60. The maximum atomic E-state index is 12.7. The number of rotatable bonds is 2. The molecule has 0 atom stereocenters. The SMILES string of the molecule is O=C1CN(C(=O)Cc2ccc3c(c2)OCCO3)c2ccccc2N1. The van der Waals surface area contributed by atoms with Crippen LogP contribution >= 0.6 is 0 Å². The summed E-state index contributed by atoms with van der Waals surface area (Å²) in [5, 5.41) is 2.78. The fraction of sp³-hybridized carbons (Fsp3) is 0.222. The lowest BCUT2D eigenvalue weighted by Gasteiger charge is -2.29. The molecule has 0 unspecified atom stereocenters. The molecule has 0 bridgehead atoms. The van der Waals surface area contributed by atoms with Crippen molar-refractivity contribution in [3.63, 3.8) is 0 Å². The number of carbonyl (C=O) groups excluding carboxylic acids is 2. The molecule has 0 aromatic heterocycles. The molecule has 24 heavy (non-hydrogen) atoms. The molecule has 0 saturated heterocycles. The molecule has 2 amide bonds. The molecule has 4 rings (SSSR count). The maximum absolute atomic E-state index is 12.7. The van der Waals surface area contributed by atoms with E-state index < -0.39 is 0 Å². The van der Waals surface area contributed by atoms with Crippen LogP contribution in [0.1, 0.15) is 5.56 Å². The Morgan fingerprint density at radius 3 is 2.75 bits per heavy atom. The third kappa shape index (κ3) is 2.67. The number of carbonyl (C=O) groups is 2. The Kier molecular flexibility index (Phi) is 3.57. The van der Waals surface area contributed by atoms with Crippen LogP contribution in [0.4, 0.5) is 11.4 Å². The quantitative estimate of drug-likeness (QED) is 0.917. The summed E-state index contributed by atoms with van der Waals surface area (Å²) in [6.07, 6.45) is 0.193. The Morgan fingerprint density at radius 2 is 1.88 bits per heavy atom. The van der Waals surface area contributed by atoms with E-state index in [2.05, 4.69) is 5.32 Å². The molecule has 6 nitrogen and oxygen atoms in total. The highest BCUT2D eigenvalue weighted by Gasteiger charge is 2.26. The molecule has 2 aromatic rings. The Hall–Kier alpha value is -3.02. The van der Waals surface area contributed by atoms with Crippen LogP contribution in [0.25, 0.3) is 0 Å². The van der Waals surface area contributed by atoms with Crippen molar-refractivity contribution in [2.45, 2.75) is 6.42 Å². The van der Waals surface area contributed by atoms with Gasteiger partial charge in [-0.05, 0) is 29.8 Å². The molecule has 0 fully saturated rings. The Balaban J connectivity index is 1.57. The van der Waals surface area contributed by atoms with Crippen LogP contribution in [0.2, 0.25) is 0 Å². The molecule has 2 aromatic carbocycles. The standard InChI is InChI=1S/C18H16N2O4/c21-17-11-20(14-4-2-1-3-13(14)19-17)18(22)10-12-5-6-15-16(9-12)24-8-7-23-15/h1-6,9H,7-8,10-11H2,(H,19,21). The van der Waals surface area contributed by atoms with E-state index in [0.717, 1.165) is 11.3 Å². The molecular formula is C18H16N2O4. The summed E-state index contributed by atoms with van der Waals surface area (Å²) >= 11 is 0. The first-order chi connectivity index (χ1) is 11.7. The van der Waals surface area contributed by atoms with Crippen LogP contribution in [-0.2, 0) is 16.0 Å². The van der Waals surface area contributed by atoms with Crippen LogP contribution < -0.4 is 19.7 Å². The molecule has 0 radical (unpaired) electrons. The zero-order valence-corrected chi connectivity index (χ0v) is 13.0. The monoisotopic (exact) mass is 324 g/mol. The number of nitrogens with zero attached hydrogens (tertiary/aromatic N) is 1. The van der Waals surface area contributed by atoms with Crippen molar-refractivity contribution in [2.75, 3.05) is 30.0 Å². The van der Waals surface area contributed by atoms with Crippen molar-refractivity contribution < 1.29 is 19.1 Å². The first kappa shape index (κ1) is 14.6. The van der Waals surface area contributed by atoms with E-state index in [1.807, 2.05) is 36.4 Å². The number of hydrogen-bond donors (Lipinski definition) is 1. The number of hydrogen-bond acceptors (Lipinski definition) is 4. The molecule has 0 aliphatic carbocycles. The lowest BCUT2D eigenvalue weighted by Crippen LogP contribution is -2.42. The second-order valence-electron chi connectivity index (χ2n) is 5.70. The number of amides is 2. The van der Waals surface area contributed by atoms with E-state index in [1.54, 1.807) is 6.07 Å². The second kappa shape index (κ2) is 5.88. The van der Waals surface area contributed by atoms with E-state index in [-0.39, 0.29) is 24.8 Å². The summed E-state index contributed by atoms with van der Waals surface area (Å²) in [6.45, 7) is 1.06. The third-order valence-corrected chi connectivity index (χ3v) is 4.03. The molecule has 2 aliphatic heterocycles. The van der Waals surface area contributed by atoms with Gasteiger partial charge in [-0.2, -0.15) is 0 Å². The highest BCUT2D eigenvalue weighted by atomic mass is 16.6. The third-order valence-electron chi connectivity index (χ3n) is 4.03. The van der Waals surface area contributed by atoms with Crippen LogP contribution in [0.5, 0.6) is 11.5 Å². The molecule has 2 heterocycles. The summed E-state index contributed by atoms with van der Waals surface area (Å²) in [5.41, 5.74) is 2.21. The van der Waals surface area contributed by atoms with Crippen molar-refractivity contribution >= 4 is 23.2 Å². The molecule has 6 heteroatoms. The maximum Gasteiger partial charge on any atom is 0.244 e. The van der Waals surface area contributed by atoms with Crippen molar-refractivity contribution in [2.24, 2.45) is 0 Å². The first-order valence-electron chi connectivity index (χ1n) is 7.78. The van der Waals surface area contributed by atoms with Gasteiger partial charge in [0.2, 0.25) is 11.8 Å². The summed E-state index contributed by atoms with van der Waals surface area (Å²) in [5.74, 6) is 1.03. The number of fused-ring (bicyclic) bond motifs is 2. The zero-order chi connectivity index (χ0) is 16.5. The van der Waals surface area contributed by atoms with Crippen LogP contribution in [0.3, 0.4) is 0 Å². The van der Waals surface area contributed by atoms with Crippen molar-refractivity contribution in [3.8, 4) is 11.5 Å². The lowest BCUT2D eigenvalue weighted by molar-refractivity contribution is -0.121. The van der Waals surface area contributed by atoms with Crippen LogP contribution in [0, 0.1) is 0 Å². The van der Waals surface area contributed by atoms with E-state index >= 15 is 0 Å². The summed E-state index contributed by atoms with van der Waals surface area (Å²) in [4.78, 5) is 26.1. The minimum absolute atomic E-state index is 0.0282. The Labute approximate surface area is 139 Å². The largest absolute Gasteiger partial charge is 0.486 e. The van der Waals surface area contributed by atoms with Crippen molar-refractivity contribution in [1.82, 2.24) is 0 Å². The van der Waals surface area contributed by atoms with E-state index in [4.69, 9.17) is 9.47 Å². The van der Waals surface area contributed by atoms with Gasteiger partial charge in [0, 0.05) is 0 Å². The van der Waals surface area contributed by atoms with Crippen LogP contribution in [0.15, 0.2) is 42.5 Å². The summed E-state index contributed by atoms with van der Waals surface area (Å²) in [7, 11) is 0. The second-order valence-corrected chi connectivity index (χ2v) is 5.70. The molecule has 122 valence electrons. The Morgan fingerprint density at radius 1 is 1.08 bits per heavy atom. The normalized spacial score (nSPS) is 15.5. The minimum atomic E-state index is -0.191. The van der Waals surface area contributed by atoms with Gasteiger partial charge in [-0.25, -0.2) is 0 Å². The molecule has 0 saturated carbocycles. The smallest absolute Gasteiger partial charge is 0.244 e. The van der Waals surface area contributed by atoms with Gasteiger partial charge in [0.1, 0.15) is 19.8 Å². The zero-order valence-electron chi connectivity index (χ0n) is 13.0. The molecule has 2 aliphatic rings. The van der Waals surface area contributed by atoms with Gasteiger partial charge in [0.15, 0.2) is 11.5 Å².